The third kappa shape index (κ3) is 5.92. The lowest BCUT2D eigenvalue weighted by Crippen LogP contribution is -2.36. The summed E-state index contributed by atoms with van der Waals surface area (Å²) in [5.74, 6) is 0.996. The Bertz CT molecular complexity index is 146. The van der Waals surface area contributed by atoms with Gasteiger partial charge in [0.1, 0.15) is 5.91 Å². The number of rotatable bonds is 8. The van der Waals surface area contributed by atoms with E-state index in [9.17, 15) is 4.79 Å². The van der Waals surface area contributed by atoms with Crippen molar-refractivity contribution in [1.29, 1.82) is 0 Å². The molecule has 0 aliphatic rings. The Balaban J connectivity index is 3.44. The van der Waals surface area contributed by atoms with Gasteiger partial charge in [0.05, 0.1) is 0 Å². The minimum absolute atomic E-state index is 0.659. The summed E-state index contributed by atoms with van der Waals surface area (Å²) < 4.78 is 5.21. The van der Waals surface area contributed by atoms with Crippen LogP contribution in [0.15, 0.2) is 0 Å². The first-order chi connectivity index (χ1) is 6.18. The predicted molar refractivity (Wildman–Crippen MR) is 56.7 cm³/mol. The highest BCUT2D eigenvalue weighted by Gasteiger charge is 2.26. The van der Waals surface area contributed by atoms with E-state index in [1.807, 2.05) is 6.55 Å². The molecule has 78 valence electrons. The van der Waals surface area contributed by atoms with Gasteiger partial charge in [0.15, 0.2) is 0 Å². The van der Waals surface area contributed by atoms with E-state index < -0.39 is 8.32 Å². The number of carbonyl (C=O) groups is 1. The van der Waals surface area contributed by atoms with Crippen LogP contribution >= 0.6 is 0 Å². The summed E-state index contributed by atoms with van der Waals surface area (Å²) in [6.07, 6.45) is 0.981. The summed E-state index contributed by atoms with van der Waals surface area (Å²) in [5, 5.41) is 3.18. The Morgan fingerprint density at radius 2 is 2.23 bits per heavy atom. The van der Waals surface area contributed by atoms with E-state index in [4.69, 9.17) is 10.2 Å². The molecule has 3 N–H and O–H groups in total. The molecule has 0 radical (unpaired) electrons. The molecule has 0 heterocycles. The lowest BCUT2D eigenvalue weighted by Gasteiger charge is -2.17. The molecule has 0 fully saturated rings. The number of hydrogen-bond acceptors (Lipinski definition) is 4. The minimum Gasteiger partial charge on any atom is -0.413 e. The van der Waals surface area contributed by atoms with Crippen LogP contribution in [0.25, 0.3) is 0 Å². The maximum absolute atomic E-state index is 10.7. The lowest BCUT2D eigenvalue weighted by atomic mass is 10.5. The second kappa shape index (κ2) is 7.20. The van der Waals surface area contributed by atoms with Crippen LogP contribution in [0.3, 0.4) is 0 Å². The average molecular weight is 204 g/mol. The Labute approximate surface area is 81.0 Å². The van der Waals surface area contributed by atoms with Crippen LogP contribution in [0.1, 0.15) is 6.42 Å². The molecule has 0 aliphatic carbocycles. The zero-order valence-electron chi connectivity index (χ0n) is 8.51. The SMILES string of the molecule is CO[Si](C)(C=O)CCCNCCN. The molecule has 13 heavy (non-hydrogen) atoms. The van der Waals surface area contributed by atoms with Crippen molar-refractivity contribution in [3.05, 3.63) is 0 Å². The fourth-order valence-electron chi connectivity index (χ4n) is 1.00. The second-order valence-electron chi connectivity index (χ2n) is 3.28. The molecule has 0 aromatic rings. The fourth-order valence-corrected chi connectivity index (χ4v) is 2.30. The molecule has 5 heteroatoms. The first-order valence-electron chi connectivity index (χ1n) is 4.61. The van der Waals surface area contributed by atoms with Gasteiger partial charge in [-0.1, -0.05) is 0 Å². The van der Waals surface area contributed by atoms with Gasteiger partial charge >= 0.3 is 0 Å². The summed E-state index contributed by atoms with van der Waals surface area (Å²) in [7, 11) is -0.390. The van der Waals surface area contributed by atoms with Gasteiger partial charge in [0, 0.05) is 20.2 Å². The molecular weight excluding hydrogens is 184 g/mol. The molecule has 0 aromatic carbocycles. The average Bonchev–Trinajstić information content (AvgIpc) is 2.17. The van der Waals surface area contributed by atoms with Gasteiger partial charge in [-0.25, -0.2) is 0 Å². The lowest BCUT2D eigenvalue weighted by molar-refractivity contribution is 0.405. The molecule has 0 amide bonds. The van der Waals surface area contributed by atoms with Crippen molar-refractivity contribution in [1.82, 2.24) is 5.32 Å². The van der Waals surface area contributed by atoms with Crippen LogP contribution in [0.4, 0.5) is 0 Å². The van der Waals surface area contributed by atoms with Gasteiger partial charge in [0.25, 0.3) is 8.32 Å². The molecule has 0 saturated heterocycles. The van der Waals surface area contributed by atoms with Crippen LogP contribution in [-0.2, 0) is 9.22 Å². The van der Waals surface area contributed by atoms with Crippen LogP contribution in [-0.4, -0.2) is 41.0 Å². The molecule has 1 atom stereocenters. The van der Waals surface area contributed by atoms with E-state index in [2.05, 4.69) is 5.32 Å². The van der Waals surface area contributed by atoms with Crippen LogP contribution in [0, 0.1) is 0 Å². The first-order valence-corrected chi connectivity index (χ1v) is 7.30. The van der Waals surface area contributed by atoms with E-state index in [0.29, 0.717) is 6.54 Å². The zero-order chi connectivity index (χ0) is 10.2. The Kier molecular flexibility index (Phi) is 7.07. The normalized spacial score (nSPS) is 15.3. The van der Waals surface area contributed by atoms with Crippen molar-refractivity contribution in [2.24, 2.45) is 5.73 Å². The van der Waals surface area contributed by atoms with Gasteiger partial charge < -0.3 is 20.3 Å². The van der Waals surface area contributed by atoms with Gasteiger partial charge in [-0.3, -0.25) is 0 Å². The van der Waals surface area contributed by atoms with Crippen molar-refractivity contribution >= 4 is 14.2 Å². The highest BCUT2D eigenvalue weighted by molar-refractivity contribution is 6.95. The quantitative estimate of drug-likeness (QED) is 0.330. The maximum atomic E-state index is 10.7. The van der Waals surface area contributed by atoms with Crippen LogP contribution in [0.2, 0.25) is 12.6 Å². The molecular formula is C8H20N2O2Si. The molecule has 0 spiro atoms. The molecule has 4 nitrogen and oxygen atoms in total. The standard InChI is InChI=1S/C8H20N2O2Si/c1-12-13(2,8-11)7-3-5-10-6-4-9/h8,10H,3-7,9H2,1-2H3. The summed E-state index contributed by atoms with van der Waals surface area (Å²) in [4.78, 5) is 10.7. The van der Waals surface area contributed by atoms with Crippen LogP contribution < -0.4 is 11.1 Å². The smallest absolute Gasteiger partial charge is 0.256 e. The number of hydrogen-bond donors (Lipinski definition) is 2. The highest BCUT2D eigenvalue weighted by Crippen LogP contribution is 2.09. The van der Waals surface area contributed by atoms with Crippen molar-refractivity contribution in [3.63, 3.8) is 0 Å². The summed E-state index contributed by atoms with van der Waals surface area (Å²) in [6.45, 7) is 4.35. The topological polar surface area (TPSA) is 64.3 Å². The Hall–Kier alpha value is -0.233. The van der Waals surface area contributed by atoms with Gasteiger partial charge in [-0.2, -0.15) is 0 Å². The van der Waals surface area contributed by atoms with Crippen molar-refractivity contribution in [3.8, 4) is 0 Å². The fraction of sp³-hybridized carbons (Fsp3) is 0.875. The monoisotopic (exact) mass is 204 g/mol. The van der Waals surface area contributed by atoms with E-state index in [1.165, 1.54) is 0 Å². The molecule has 0 saturated carbocycles. The number of nitrogens with one attached hydrogen (secondary N) is 1. The summed E-state index contributed by atoms with van der Waals surface area (Å²) in [6, 6.07) is 0.880. The largest absolute Gasteiger partial charge is 0.413 e. The Morgan fingerprint density at radius 3 is 2.69 bits per heavy atom. The molecule has 1 unspecified atom stereocenters. The predicted octanol–water partition coefficient (Wildman–Crippen LogP) is -0.0816. The molecule has 0 aromatic heterocycles. The number of carbonyl (C=O) groups excluding carboxylic acids is 1. The van der Waals surface area contributed by atoms with E-state index in [-0.39, 0.29) is 0 Å². The summed E-state index contributed by atoms with van der Waals surface area (Å²) >= 11 is 0. The number of nitrogens with two attached hydrogens (primary N) is 1. The van der Waals surface area contributed by atoms with E-state index in [0.717, 1.165) is 31.5 Å². The zero-order valence-corrected chi connectivity index (χ0v) is 9.51. The van der Waals surface area contributed by atoms with Gasteiger partial charge in [-0.05, 0) is 25.6 Å². The van der Waals surface area contributed by atoms with Crippen molar-refractivity contribution in [2.45, 2.75) is 19.0 Å². The third-order valence-electron chi connectivity index (χ3n) is 2.06. The Morgan fingerprint density at radius 1 is 1.54 bits per heavy atom. The van der Waals surface area contributed by atoms with E-state index >= 15 is 0 Å². The van der Waals surface area contributed by atoms with Crippen LogP contribution in [0.5, 0.6) is 0 Å². The van der Waals surface area contributed by atoms with Crippen molar-refractivity contribution in [2.75, 3.05) is 26.7 Å². The van der Waals surface area contributed by atoms with Gasteiger partial charge in [-0.15, -0.1) is 0 Å². The maximum Gasteiger partial charge on any atom is 0.256 e. The summed E-state index contributed by atoms with van der Waals surface area (Å²) in [5.41, 5.74) is 5.31. The third-order valence-corrected chi connectivity index (χ3v) is 4.84. The van der Waals surface area contributed by atoms with Crippen molar-refractivity contribution < 1.29 is 9.22 Å². The highest BCUT2D eigenvalue weighted by atomic mass is 28.4. The molecule has 0 rings (SSSR count). The molecule has 0 bridgehead atoms. The first kappa shape index (κ1) is 12.8. The minimum atomic E-state index is -2.01. The van der Waals surface area contributed by atoms with E-state index in [1.54, 1.807) is 7.11 Å². The molecule has 0 aliphatic heterocycles. The van der Waals surface area contributed by atoms with Gasteiger partial charge in [0.2, 0.25) is 0 Å². The second-order valence-corrected chi connectivity index (χ2v) is 7.05.